The zero-order chi connectivity index (χ0) is 11.7. The van der Waals surface area contributed by atoms with Gasteiger partial charge in [-0.3, -0.25) is 4.79 Å². The van der Waals surface area contributed by atoms with Crippen molar-refractivity contribution in [2.45, 2.75) is 25.7 Å². The molecule has 0 saturated heterocycles. The maximum atomic E-state index is 11.7. The third-order valence-corrected chi connectivity index (χ3v) is 3.98. The van der Waals surface area contributed by atoms with E-state index in [4.69, 9.17) is 0 Å². The molecule has 1 unspecified atom stereocenters. The third-order valence-electron chi connectivity index (χ3n) is 3.98. The van der Waals surface area contributed by atoms with Gasteiger partial charge in [0.15, 0.2) is 5.78 Å². The Morgan fingerprint density at radius 1 is 1.06 bits per heavy atom. The molecule has 0 aliphatic heterocycles. The van der Waals surface area contributed by atoms with Crippen molar-refractivity contribution in [2.24, 2.45) is 5.41 Å². The highest BCUT2D eigenvalue weighted by molar-refractivity contribution is 6.00. The van der Waals surface area contributed by atoms with Crippen molar-refractivity contribution in [2.75, 3.05) is 0 Å². The van der Waals surface area contributed by atoms with Gasteiger partial charge in [0.05, 0.1) is 0 Å². The van der Waals surface area contributed by atoms with Crippen molar-refractivity contribution in [3.63, 3.8) is 0 Å². The first kappa shape index (κ1) is 10.5. The Kier molecular flexibility index (Phi) is 2.47. The molecule has 3 rings (SSSR count). The maximum absolute atomic E-state index is 11.7. The summed E-state index contributed by atoms with van der Waals surface area (Å²) < 4.78 is 0. The van der Waals surface area contributed by atoms with Crippen molar-refractivity contribution in [1.29, 1.82) is 0 Å². The third kappa shape index (κ3) is 1.66. The van der Waals surface area contributed by atoms with Gasteiger partial charge >= 0.3 is 0 Å². The zero-order valence-corrected chi connectivity index (χ0v) is 9.86. The first-order valence-electron chi connectivity index (χ1n) is 6.31. The summed E-state index contributed by atoms with van der Waals surface area (Å²) in [5.41, 5.74) is 2.63. The van der Waals surface area contributed by atoms with E-state index in [9.17, 15) is 4.79 Å². The Hall–Kier alpha value is -1.63. The summed E-state index contributed by atoms with van der Waals surface area (Å²) in [5.74, 6) is 0.0974. The van der Waals surface area contributed by atoms with Crippen molar-refractivity contribution in [1.82, 2.24) is 0 Å². The molecule has 3 aliphatic rings. The fourth-order valence-electron chi connectivity index (χ4n) is 3.12. The lowest BCUT2D eigenvalue weighted by atomic mass is 9.63. The van der Waals surface area contributed by atoms with Gasteiger partial charge in [0.25, 0.3) is 0 Å². The van der Waals surface area contributed by atoms with Crippen molar-refractivity contribution in [3.8, 4) is 0 Å². The summed E-state index contributed by atoms with van der Waals surface area (Å²) in [7, 11) is 0. The molecule has 1 fully saturated rings. The SMILES string of the molecule is O=C1/C=C\C=C2\CCCCC23C=CC=C/C3=C/1. The number of hydrogen-bond donors (Lipinski definition) is 0. The minimum absolute atomic E-state index is 0.00736. The van der Waals surface area contributed by atoms with Crippen LogP contribution in [0.3, 0.4) is 0 Å². The molecule has 1 atom stereocenters. The molecule has 1 saturated carbocycles. The Labute approximate surface area is 102 Å². The average molecular weight is 224 g/mol. The standard InChI is InChI=1S/C16H16O/c17-15-9-5-8-13-6-1-3-10-16(13)11-4-2-7-14(16)12-15/h2,4-5,7-9,11-12H,1,3,6,10H2/b9-5-,13-8-,14-12-. The van der Waals surface area contributed by atoms with Crippen LogP contribution >= 0.6 is 0 Å². The van der Waals surface area contributed by atoms with E-state index in [0.29, 0.717) is 0 Å². The summed E-state index contributed by atoms with van der Waals surface area (Å²) in [5, 5.41) is 0. The molecular weight excluding hydrogens is 208 g/mol. The molecule has 1 spiro atoms. The fraction of sp³-hybridized carbons (Fsp3) is 0.312. The number of rotatable bonds is 0. The van der Waals surface area contributed by atoms with Gasteiger partial charge in [-0.25, -0.2) is 0 Å². The average Bonchev–Trinajstić information content (AvgIpc) is 2.32. The van der Waals surface area contributed by atoms with Crippen LogP contribution in [0.2, 0.25) is 0 Å². The summed E-state index contributed by atoms with van der Waals surface area (Å²) >= 11 is 0. The fourth-order valence-corrected chi connectivity index (χ4v) is 3.12. The van der Waals surface area contributed by atoms with E-state index >= 15 is 0 Å². The highest BCUT2D eigenvalue weighted by atomic mass is 16.1. The highest BCUT2D eigenvalue weighted by Crippen LogP contribution is 2.49. The minimum atomic E-state index is 0.00736. The highest BCUT2D eigenvalue weighted by Gasteiger charge is 2.37. The van der Waals surface area contributed by atoms with E-state index in [1.807, 2.05) is 12.2 Å². The molecule has 3 aliphatic carbocycles. The number of carbonyl (C=O) groups is 1. The predicted molar refractivity (Wildman–Crippen MR) is 69.5 cm³/mol. The van der Waals surface area contributed by atoms with Gasteiger partial charge in [-0.05, 0) is 37.0 Å². The van der Waals surface area contributed by atoms with Crippen LogP contribution in [-0.4, -0.2) is 5.78 Å². The Balaban J connectivity index is 2.19. The van der Waals surface area contributed by atoms with Gasteiger partial charge in [0.2, 0.25) is 0 Å². The Morgan fingerprint density at radius 2 is 2.00 bits per heavy atom. The summed E-state index contributed by atoms with van der Waals surface area (Å²) in [6, 6.07) is 0. The second kappa shape index (κ2) is 3.99. The molecule has 86 valence electrons. The molecule has 0 aromatic heterocycles. The van der Waals surface area contributed by atoms with E-state index in [2.05, 4.69) is 24.3 Å². The van der Waals surface area contributed by atoms with Gasteiger partial charge < -0.3 is 0 Å². The lowest BCUT2D eigenvalue weighted by Gasteiger charge is -2.40. The number of allylic oxidation sites excluding steroid dienone is 10. The van der Waals surface area contributed by atoms with Crippen LogP contribution in [-0.2, 0) is 4.79 Å². The van der Waals surface area contributed by atoms with Crippen LogP contribution in [0, 0.1) is 5.41 Å². The van der Waals surface area contributed by atoms with Crippen LogP contribution in [0.4, 0.5) is 0 Å². The van der Waals surface area contributed by atoms with Gasteiger partial charge in [0.1, 0.15) is 0 Å². The molecule has 0 N–H and O–H groups in total. The van der Waals surface area contributed by atoms with Crippen LogP contribution in [0.25, 0.3) is 0 Å². The van der Waals surface area contributed by atoms with Crippen molar-refractivity contribution >= 4 is 5.78 Å². The maximum Gasteiger partial charge on any atom is 0.178 e. The predicted octanol–water partition coefficient (Wildman–Crippen LogP) is 3.66. The monoisotopic (exact) mass is 224 g/mol. The topological polar surface area (TPSA) is 17.1 Å². The second-order valence-electron chi connectivity index (χ2n) is 4.95. The van der Waals surface area contributed by atoms with Crippen molar-refractivity contribution < 1.29 is 4.79 Å². The molecule has 0 heterocycles. The van der Waals surface area contributed by atoms with Crippen LogP contribution in [0.15, 0.2) is 59.8 Å². The van der Waals surface area contributed by atoms with Gasteiger partial charge in [-0.1, -0.05) is 48.5 Å². The normalized spacial score (nSPS) is 38.9. The van der Waals surface area contributed by atoms with E-state index in [0.717, 1.165) is 12.8 Å². The van der Waals surface area contributed by atoms with E-state index in [-0.39, 0.29) is 11.2 Å². The van der Waals surface area contributed by atoms with Gasteiger partial charge in [0, 0.05) is 5.41 Å². The molecule has 1 heteroatoms. The lowest BCUT2D eigenvalue weighted by Crippen LogP contribution is -2.28. The molecule has 0 aromatic rings. The number of hydrogen-bond acceptors (Lipinski definition) is 1. The minimum Gasteiger partial charge on any atom is -0.290 e. The first-order chi connectivity index (χ1) is 8.31. The van der Waals surface area contributed by atoms with Crippen molar-refractivity contribution in [3.05, 3.63) is 59.8 Å². The van der Waals surface area contributed by atoms with E-state index in [1.165, 1.54) is 24.0 Å². The second-order valence-corrected chi connectivity index (χ2v) is 4.95. The summed E-state index contributed by atoms with van der Waals surface area (Å²) in [4.78, 5) is 11.7. The van der Waals surface area contributed by atoms with E-state index < -0.39 is 0 Å². The lowest BCUT2D eigenvalue weighted by molar-refractivity contribution is -0.110. The summed E-state index contributed by atoms with van der Waals surface area (Å²) in [6.07, 6.45) is 20.8. The molecular formula is C16H16O. The smallest absolute Gasteiger partial charge is 0.178 e. The molecule has 0 radical (unpaired) electrons. The molecule has 17 heavy (non-hydrogen) atoms. The molecule has 0 bridgehead atoms. The van der Waals surface area contributed by atoms with Gasteiger partial charge in [-0.2, -0.15) is 0 Å². The largest absolute Gasteiger partial charge is 0.290 e. The number of ketones is 1. The molecule has 1 nitrogen and oxygen atoms in total. The zero-order valence-electron chi connectivity index (χ0n) is 9.86. The molecule has 0 amide bonds. The van der Waals surface area contributed by atoms with Crippen LogP contribution < -0.4 is 0 Å². The van der Waals surface area contributed by atoms with E-state index in [1.54, 1.807) is 12.2 Å². The van der Waals surface area contributed by atoms with Crippen LogP contribution in [0.1, 0.15) is 25.7 Å². The number of carbonyl (C=O) groups excluding carboxylic acids is 1. The van der Waals surface area contributed by atoms with Gasteiger partial charge in [-0.15, -0.1) is 0 Å². The first-order valence-corrected chi connectivity index (χ1v) is 6.31. The Bertz CT molecular complexity index is 500. The summed E-state index contributed by atoms with van der Waals surface area (Å²) in [6.45, 7) is 0. The molecule has 0 aromatic carbocycles. The Morgan fingerprint density at radius 3 is 2.94 bits per heavy atom. The quantitative estimate of drug-likeness (QED) is 0.613. The van der Waals surface area contributed by atoms with Crippen LogP contribution in [0.5, 0.6) is 0 Å².